The summed E-state index contributed by atoms with van der Waals surface area (Å²) in [4.78, 5) is 26.5. The molecule has 118 valence electrons. The van der Waals surface area contributed by atoms with Crippen molar-refractivity contribution in [1.29, 1.82) is 0 Å². The molecule has 7 nitrogen and oxygen atoms in total. The number of anilines is 2. The molecule has 2 rings (SSSR count). The second-order valence-corrected chi connectivity index (χ2v) is 5.65. The highest BCUT2D eigenvalue weighted by atomic mass is 16.3. The smallest absolute Gasteiger partial charge is 0.332 e. The fourth-order valence-electron chi connectivity index (χ4n) is 2.84. The molecule has 1 aliphatic rings. The highest BCUT2D eigenvalue weighted by Crippen LogP contribution is 2.24. The summed E-state index contributed by atoms with van der Waals surface area (Å²) in [6.07, 6.45) is 2.42. The van der Waals surface area contributed by atoms with Gasteiger partial charge in [-0.1, -0.05) is 6.92 Å². The molecule has 21 heavy (non-hydrogen) atoms. The number of aliphatic hydroxyl groups is 1. The van der Waals surface area contributed by atoms with Gasteiger partial charge >= 0.3 is 5.69 Å². The Balaban J connectivity index is 2.44. The quantitative estimate of drug-likeness (QED) is 0.799. The van der Waals surface area contributed by atoms with Gasteiger partial charge in [-0.3, -0.25) is 13.9 Å². The van der Waals surface area contributed by atoms with Crippen LogP contribution < -0.4 is 21.9 Å². The Morgan fingerprint density at radius 3 is 2.43 bits per heavy atom. The molecule has 0 radical (unpaired) electrons. The monoisotopic (exact) mass is 296 g/mol. The van der Waals surface area contributed by atoms with E-state index in [1.807, 2.05) is 11.8 Å². The standard InChI is InChI=1S/C14H24N4O3/c1-3-6-18-12(15)11(13(20)16(2)14(18)21)17-7-4-10(9-19)5-8-17/h10,19H,3-9,15H2,1-2H3. The Kier molecular flexibility index (Phi) is 4.72. The molecule has 3 N–H and O–H groups in total. The second-order valence-electron chi connectivity index (χ2n) is 5.65. The predicted molar refractivity (Wildman–Crippen MR) is 82.7 cm³/mol. The SMILES string of the molecule is CCCn1c(N)c(N2CCC(CO)CC2)c(=O)n(C)c1=O. The number of nitrogens with zero attached hydrogens (tertiary/aromatic N) is 3. The van der Waals surface area contributed by atoms with Gasteiger partial charge in [-0.05, 0) is 25.2 Å². The minimum atomic E-state index is -0.367. The third-order valence-corrected chi connectivity index (χ3v) is 4.19. The van der Waals surface area contributed by atoms with Crippen LogP contribution in [0.1, 0.15) is 26.2 Å². The molecule has 0 unspecified atom stereocenters. The normalized spacial score (nSPS) is 16.4. The van der Waals surface area contributed by atoms with Crippen LogP contribution in [0.25, 0.3) is 0 Å². The first-order chi connectivity index (χ1) is 10.0. The lowest BCUT2D eigenvalue weighted by molar-refractivity contribution is 0.203. The fourth-order valence-corrected chi connectivity index (χ4v) is 2.84. The van der Waals surface area contributed by atoms with Crippen LogP contribution in [0.3, 0.4) is 0 Å². The molecule has 1 fully saturated rings. The Hall–Kier alpha value is -1.76. The van der Waals surface area contributed by atoms with Gasteiger partial charge in [-0.25, -0.2) is 4.79 Å². The summed E-state index contributed by atoms with van der Waals surface area (Å²) in [6, 6.07) is 0. The molecule has 2 heterocycles. The van der Waals surface area contributed by atoms with Crippen molar-refractivity contribution in [2.24, 2.45) is 13.0 Å². The minimum Gasteiger partial charge on any atom is -0.396 e. The molecular weight excluding hydrogens is 272 g/mol. The molecule has 1 aliphatic heterocycles. The number of aromatic nitrogens is 2. The molecule has 0 spiro atoms. The molecule has 1 aromatic rings. The van der Waals surface area contributed by atoms with Gasteiger partial charge in [0.25, 0.3) is 5.56 Å². The van der Waals surface area contributed by atoms with E-state index < -0.39 is 0 Å². The van der Waals surface area contributed by atoms with Crippen LogP contribution >= 0.6 is 0 Å². The summed E-state index contributed by atoms with van der Waals surface area (Å²) in [5.41, 5.74) is 5.81. The molecule has 0 aromatic carbocycles. The maximum absolute atomic E-state index is 12.4. The van der Waals surface area contributed by atoms with E-state index in [0.29, 0.717) is 25.3 Å². The average Bonchev–Trinajstić information content (AvgIpc) is 2.50. The lowest BCUT2D eigenvalue weighted by Gasteiger charge is -2.33. The highest BCUT2D eigenvalue weighted by molar-refractivity contribution is 5.62. The van der Waals surface area contributed by atoms with E-state index in [1.165, 1.54) is 11.6 Å². The topological polar surface area (TPSA) is 93.5 Å². The van der Waals surface area contributed by atoms with E-state index >= 15 is 0 Å². The molecule has 0 bridgehead atoms. The zero-order chi connectivity index (χ0) is 15.6. The molecule has 0 amide bonds. The minimum absolute atomic E-state index is 0.177. The highest BCUT2D eigenvalue weighted by Gasteiger charge is 2.25. The van der Waals surface area contributed by atoms with Gasteiger partial charge in [-0.15, -0.1) is 0 Å². The Labute approximate surface area is 123 Å². The molecule has 0 aliphatic carbocycles. The first kappa shape index (κ1) is 15.6. The molecule has 7 heteroatoms. The molecule has 1 aromatic heterocycles. The molecule has 1 saturated heterocycles. The van der Waals surface area contributed by atoms with Gasteiger partial charge in [0.15, 0.2) is 0 Å². The van der Waals surface area contributed by atoms with Gasteiger partial charge in [0.2, 0.25) is 0 Å². The maximum atomic E-state index is 12.4. The van der Waals surface area contributed by atoms with Gasteiger partial charge in [-0.2, -0.15) is 0 Å². The van der Waals surface area contributed by atoms with Crippen molar-refractivity contribution in [3.8, 4) is 0 Å². The molecule has 0 saturated carbocycles. The number of rotatable bonds is 4. The van der Waals surface area contributed by atoms with E-state index in [9.17, 15) is 14.7 Å². The van der Waals surface area contributed by atoms with Crippen LogP contribution in [-0.2, 0) is 13.6 Å². The van der Waals surface area contributed by atoms with Crippen LogP contribution in [-0.4, -0.2) is 33.9 Å². The maximum Gasteiger partial charge on any atom is 0.332 e. The predicted octanol–water partition coefficient (Wildman–Crippen LogP) is -0.252. The van der Waals surface area contributed by atoms with E-state index in [-0.39, 0.29) is 29.6 Å². The Morgan fingerprint density at radius 2 is 1.90 bits per heavy atom. The molecular formula is C14H24N4O3. The summed E-state index contributed by atoms with van der Waals surface area (Å²) >= 11 is 0. The van der Waals surface area contributed by atoms with Gasteiger partial charge < -0.3 is 15.7 Å². The lowest BCUT2D eigenvalue weighted by atomic mass is 9.97. The third-order valence-electron chi connectivity index (χ3n) is 4.19. The second kappa shape index (κ2) is 6.34. The van der Waals surface area contributed by atoms with Crippen molar-refractivity contribution in [1.82, 2.24) is 9.13 Å². The van der Waals surface area contributed by atoms with Crippen LogP contribution in [0.5, 0.6) is 0 Å². The van der Waals surface area contributed by atoms with Gasteiger partial charge in [0.1, 0.15) is 11.5 Å². The van der Waals surface area contributed by atoms with Gasteiger partial charge in [0, 0.05) is 33.3 Å². The lowest BCUT2D eigenvalue weighted by Crippen LogP contribution is -2.45. The number of hydrogen-bond acceptors (Lipinski definition) is 5. The number of hydrogen-bond donors (Lipinski definition) is 2. The first-order valence-electron chi connectivity index (χ1n) is 7.46. The van der Waals surface area contributed by atoms with E-state index in [4.69, 9.17) is 5.73 Å². The summed E-state index contributed by atoms with van der Waals surface area (Å²) in [5.74, 6) is 0.542. The average molecular weight is 296 g/mol. The number of nitrogens with two attached hydrogens (primary N) is 1. The summed E-state index contributed by atoms with van der Waals surface area (Å²) in [6.45, 7) is 3.99. The number of piperidine rings is 1. The summed E-state index contributed by atoms with van der Waals surface area (Å²) < 4.78 is 2.59. The van der Waals surface area contributed by atoms with Crippen molar-refractivity contribution in [2.75, 3.05) is 30.3 Å². The van der Waals surface area contributed by atoms with Crippen LogP contribution in [0.4, 0.5) is 11.5 Å². The third kappa shape index (κ3) is 2.83. The fraction of sp³-hybridized carbons (Fsp3) is 0.714. The largest absolute Gasteiger partial charge is 0.396 e. The van der Waals surface area contributed by atoms with Crippen molar-refractivity contribution >= 4 is 11.5 Å². The van der Waals surface area contributed by atoms with Gasteiger partial charge in [0.05, 0.1) is 0 Å². The number of aliphatic hydroxyl groups excluding tert-OH is 1. The van der Waals surface area contributed by atoms with E-state index in [1.54, 1.807) is 0 Å². The number of nitrogen functional groups attached to an aromatic ring is 1. The van der Waals surface area contributed by atoms with Crippen molar-refractivity contribution in [3.63, 3.8) is 0 Å². The van der Waals surface area contributed by atoms with Crippen molar-refractivity contribution in [2.45, 2.75) is 32.7 Å². The van der Waals surface area contributed by atoms with E-state index in [2.05, 4.69) is 0 Å². The van der Waals surface area contributed by atoms with Crippen LogP contribution in [0.15, 0.2) is 9.59 Å². The molecule has 0 atom stereocenters. The Bertz CT molecular complexity index is 612. The zero-order valence-corrected chi connectivity index (χ0v) is 12.7. The Morgan fingerprint density at radius 1 is 1.29 bits per heavy atom. The van der Waals surface area contributed by atoms with Crippen LogP contribution in [0.2, 0.25) is 0 Å². The van der Waals surface area contributed by atoms with E-state index in [0.717, 1.165) is 23.8 Å². The van der Waals surface area contributed by atoms with Crippen molar-refractivity contribution in [3.05, 3.63) is 20.8 Å². The van der Waals surface area contributed by atoms with Crippen molar-refractivity contribution < 1.29 is 5.11 Å². The summed E-state index contributed by atoms with van der Waals surface area (Å²) in [7, 11) is 1.49. The summed E-state index contributed by atoms with van der Waals surface area (Å²) in [5, 5.41) is 9.20. The van der Waals surface area contributed by atoms with Crippen LogP contribution in [0, 0.1) is 5.92 Å². The first-order valence-corrected chi connectivity index (χ1v) is 7.46. The zero-order valence-electron chi connectivity index (χ0n) is 12.7.